The minimum atomic E-state index is 0. The van der Waals surface area contributed by atoms with Crippen molar-refractivity contribution in [1.29, 1.82) is 0 Å². The number of carbonyl (C=O) groups excluding carboxylic acids is 6. The van der Waals surface area contributed by atoms with Gasteiger partial charge in [0.1, 0.15) is 0 Å². The largest absolute Gasteiger partial charge is 0.302 e. The second-order valence-electron chi connectivity index (χ2n) is 4.94. The van der Waals surface area contributed by atoms with Gasteiger partial charge in [0.25, 0.3) is 0 Å². The van der Waals surface area contributed by atoms with Crippen molar-refractivity contribution in [3.05, 3.63) is 0 Å². The van der Waals surface area contributed by atoms with Crippen LogP contribution >= 0.6 is 0 Å². The quantitative estimate of drug-likeness (QED) is 0.413. The first-order valence-corrected chi connectivity index (χ1v) is 6.46. The molecule has 7 heteroatoms. The first-order chi connectivity index (χ1) is 9.38. The van der Waals surface area contributed by atoms with E-state index in [4.69, 9.17) is 28.8 Å². The van der Waals surface area contributed by atoms with Crippen LogP contribution in [-0.4, -0.2) is 63.5 Å². The Labute approximate surface area is 161 Å². The molecule has 0 spiro atoms. The zero-order valence-corrected chi connectivity index (χ0v) is 16.1. The van der Waals surface area contributed by atoms with Crippen LogP contribution in [-0.2, 0) is 0 Å². The molecular weight excluding hydrogens is 439 g/mol. The third kappa shape index (κ3) is 50.6. The first kappa shape index (κ1) is 29.3. The van der Waals surface area contributed by atoms with E-state index in [1.54, 1.807) is 41.5 Å². The molecule has 0 rings (SSSR count). The van der Waals surface area contributed by atoms with Gasteiger partial charge in [0, 0.05) is 79.7 Å². The average Bonchev–Trinajstić information content (AvgIpc) is 2.10. The molecule has 0 aliphatic rings. The Morgan fingerprint density at radius 3 is 0.500 bits per heavy atom. The van der Waals surface area contributed by atoms with Gasteiger partial charge in [-0.15, -0.1) is 0 Å². The van der Waals surface area contributed by atoms with Crippen molar-refractivity contribution in [1.82, 2.24) is 0 Å². The Kier molecular flexibility index (Phi) is 24.4. The van der Waals surface area contributed by atoms with Gasteiger partial charge < -0.3 is 0 Å². The number of ketones is 6. The Balaban J connectivity index is -0.000000108. The normalized spacial score (nSPS) is 7.91. The Hall–Kier alpha value is -0.707. The van der Waals surface area contributed by atoms with E-state index in [9.17, 15) is 0 Å². The molecule has 22 heavy (non-hydrogen) atoms. The maximum absolute atomic E-state index is 8.46. The molecule has 0 fully saturated rings. The number of hydrogen-bond acceptors (Lipinski definition) is 0. The van der Waals surface area contributed by atoms with Crippen LogP contribution in [0.1, 0.15) is 60.8 Å². The third-order valence-electron chi connectivity index (χ3n) is 1.54. The van der Waals surface area contributed by atoms with Crippen LogP contribution in [0, 0.1) is 38.2 Å². The average molecular weight is 469 g/mol. The summed E-state index contributed by atoms with van der Waals surface area (Å²) in [6.45, 7) is 9.33. The van der Waals surface area contributed by atoms with E-state index >= 15 is 0 Å². The van der Waals surface area contributed by atoms with Crippen molar-refractivity contribution in [2.75, 3.05) is 0 Å². The number of hydrogen-bond donors (Lipinski definition) is 0. The summed E-state index contributed by atoms with van der Waals surface area (Å²) in [4.78, 5) is 50.8. The predicted octanol–water partition coefficient (Wildman–Crippen LogP) is 1.52. The Bertz CT molecular complexity index is 314. The molecule has 0 radical (unpaired) electrons. The summed E-state index contributed by atoms with van der Waals surface area (Å²) >= 11 is 0. The second-order valence-corrected chi connectivity index (χ2v) is 4.94. The molecular formula is C15H30DyO6+6. The fourth-order valence-electron chi connectivity index (χ4n) is 1.11. The van der Waals surface area contributed by atoms with Crippen molar-refractivity contribution in [2.24, 2.45) is 0 Å². The maximum atomic E-state index is 8.46. The van der Waals surface area contributed by atoms with E-state index in [0.29, 0.717) is 19.3 Å². The molecule has 0 aliphatic heterocycles. The summed E-state index contributed by atoms with van der Waals surface area (Å²) in [6, 6.07) is 0. The monoisotopic (exact) mass is 470 g/mol. The van der Waals surface area contributed by atoms with Crippen molar-refractivity contribution in [2.45, 2.75) is 60.8 Å². The topological polar surface area (TPSA) is 128 Å². The van der Waals surface area contributed by atoms with Gasteiger partial charge in [-0.3, -0.25) is 28.8 Å². The van der Waals surface area contributed by atoms with Gasteiger partial charge in [-0.05, 0) is 0 Å². The van der Waals surface area contributed by atoms with E-state index < -0.39 is 0 Å². The van der Waals surface area contributed by atoms with Gasteiger partial charge in [0.15, 0.2) is 19.3 Å². The van der Waals surface area contributed by atoms with Crippen molar-refractivity contribution in [3.8, 4) is 0 Å². The minimum absolute atomic E-state index is 0. The van der Waals surface area contributed by atoms with E-state index in [-0.39, 0.29) is 72.9 Å². The molecule has 0 amide bonds. The van der Waals surface area contributed by atoms with Crippen LogP contribution in [0.5, 0.6) is 0 Å². The molecule has 0 heterocycles. The van der Waals surface area contributed by atoms with Crippen LogP contribution in [0.25, 0.3) is 0 Å². The summed E-state index contributed by atoms with van der Waals surface area (Å²) in [5.74, 6) is 1.50. The second kappa shape index (κ2) is 18.3. The molecule has 0 aliphatic carbocycles. The van der Waals surface area contributed by atoms with Crippen LogP contribution in [0.15, 0.2) is 0 Å². The summed E-state index contributed by atoms with van der Waals surface area (Å²) in [5, 5.41) is 0. The molecule has 0 bridgehead atoms. The van der Waals surface area contributed by atoms with Gasteiger partial charge in [-0.25, -0.2) is 0 Å². The van der Waals surface area contributed by atoms with Gasteiger partial charge in [-0.2, -0.15) is 0 Å². The number of rotatable bonds is 6. The smallest absolute Gasteiger partial charge is 0.283 e. The van der Waals surface area contributed by atoms with Crippen molar-refractivity contribution < 1.29 is 66.9 Å². The molecule has 0 aromatic heterocycles. The molecule has 0 saturated carbocycles. The molecule has 0 unspecified atom stereocenters. The molecule has 130 valence electrons. The zero-order chi connectivity index (χ0) is 17.6. The van der Waals surface area contributed by atoms with Gasteiger partial charge in [0.2, 0.25) is 0 Å². The van der Waals surface area contributed by atoms with E-state index in [1.807, 2.05) is 0 Å². The molecule has 0 saturated heterocycles. The van der Waals surface area contributed by atoms with E-state index in [0.717, 1.165) is 0 Å². The zero-order valence-electron chi connectivity index (χ0n) is 14.1. The van der Waals surface area contributed by atoms with Crippen molar-refractivity contribution >= 4 is 34.7 Å². The summed E-state index contributed by atoms with van der Waals surface area (Å²) in [7, 11) is 0. The van der Waals surface area contributed by atoms with Crippen LogP contribution in [0.4, 0.5) is 0 Å². The van der Waals surface area contributed by atoms with Crippen molar-refractivity contribution in [3.63, 3.8) is 0 Å². The van der Waals surface area contributed by atoms with E-state index in [1.165, 1.54) is 0 Å². The maximum Gasteiger partial charge on any atom is 0.302 e. The summed E-state index contributed by atoms with van der Waals surface area (Å²) in [5.41, 5.74) is 0. The molecule has 0 aromatic carbocycles. The predicted molar refractivity (Wildman–Crippen MR) is 89.6 cm³/mol. The molecule has 0 atom stereocenters. The van der Waals surface area contributed by atoms with Gasteiger partial charge >= 0.3 is 34.7 Å². The van der Waals surface area contributed by atoms with Crippen LogP contribution < -0.4 is 0 Å². The molecule has 6 N–H and O–H groups in total. The fourth-order valence-corrected chi connectivity index (χ4v) is 1.11. The minimum Gasteiger partial charge on any atom is -0.283 e. The standard InChI is InChI=1S/3C5H8O2.Dy/c3*1-4(6)3-5(2)7;/h3*3H2,1-2H3;/p+6. The van der Waals surface area contributed by atoms with Gasteiger partial charge in [0.05, 0.1) is 0 Å². The van der Waals surface area contributed by atoms with Gasteiger partial charge in [-0.1, -0.05) is 0 Å². The Morgan fingerprint density at radius 2 is 0.500 bits per heavy atom. The Morgan fingerprint density at radius 1 is 0.409 bits per heavy atom. The SMILES string of the molecule is CC(=[OH+])CC(C)=[OH+].CC(=[OH+])CC(C)=[OH+].CC(=[OH+])CC(C)=[OH+].[Dy]. The van der Waals surface area contributed by atoms with Crippen LogP contribution in [0.3, 0.4) is 0 Å². The molecule has 6 nitrogen and oxygen atoms in total. The third-order valence-corrected chi connectivity index (χ3v) is 1.54. The van der Waals surface area contributed by atoms with E-state index in [2.05, 4.69) is 0 Å². The van der Waals surface area contributed by atoms with Crippen LogP contribution in [0.2, 0.25) is 0 Å². The fraction of sp³-hybridized carbons (Fsp3) is 0.600. The summed E-state index contributed by atoms with van der Waals surface area (Å²) in [6.07, 6.45) is 0.917. The first-order valence-electron chi connectivity index (χ1n) is 6.46. The summed E-state index contributed by atoms with van der Waals surface area (Å²) < 4.78 is 0. The molecule has 0 aromatic rings.